The van der Waals surface area contributed by atoms with E-state index in [0.29, 0.717) is 28.9 Å². The van der Waals surface area contributed by atoms with Crippen molar-refractivity contribution in [1.82, 2.24) is 4.90 Å². The summed E-state index contributed by atoms with van der Waals surface area (Å²) in [6.45, 7) is 4.15. The van der Waals surface area contributed by atoms with Crippen molar-refractivity contribution in [3.63, 3.8) is 0 Å². The van der Waals surface area contributed by atoms with Gasteiger partial charge >= 0.3 is 0 Å². The summed E-state index contributed by atoms with van der Waals surface area (Å²) in [7, 11) is 0. The molecule has 21 heavy (non-hydrogen) atoms. The van der Waals surface area contributed by atoms with Gasteiger partial charge in [0.05, 0.1) is 10.7 Å². The van der Waals surface area contributed by atoms with E-state index in [1.807, 2.05) is 0 Å². The van der Waals surface area contributed by atoms with Gasteiger partial charge < -0.3 is 16.0 Å². The molecule has 1 aliphatic heterocycles. The molecule has 0 aliphatic carbocycles. The molecule has 1 fully saturated rings. The lowest BCUT2D eigenvalue weighted by Gasteiger charge is -2.26. The molecule has 2 rings (SSSR count). The first-order valence-electron chi connectivity index (χ1n) is 7.65. The van der Waals surface area contributed by atoms with Crippen LogP contribution < -0.4 is 11.1 Å². The van der Waals surface area contributed by atoms with Gasteiger partial charge in [0.25, 0.3) is 0 Å². The van der Waals surface area contributed by atoms with E-state index in [1.165, 1.54) is 25.7 Å². The molecule has 4 nitrogen and oxygen atoms in total. The molecule has 5 heteroatoms. The van der Waals surface area contributed by atoms with Crippen molar-refractivity contribution >= 4 is 28.9 Å². The number of halogens is 1. The SMILES string of the molecule is CC1CCCCCN1CCC(=O)Nc1ccc(N)cc1Cl. The van der Waals surface area contributed by atoms with Crippen LogP contribution in [0.25, 0.3) is 0 Å². The molecular formula is C16H24ClN3O. The number of nitrogens with one attached hydrogen (secondary N) is 1. The van der Waals surface area contributed by atoms with Crippen LogP contribution in [0.2, 0.25) is 5.02 Å². The van der Waals surface area contributed by atoms with E-state index < -0.39 is 0 Å². The molecule has 0 aromatic heterocycles. The van der Waals surface area contributed by atoms with Crippen LogP contribution in [0.4, 0.5) is 11.4 Å². The Bertz CT molecular complexity index is 492. The minimum Gasteiger partial charge on any atom is -0.399 e. The Hall–Kier alpha value is -1.26. The third-order valence-electron chi connectivity index (χ3n) is 4.08. The fourth-order valence-electron chi connectivity index (χ4n) is 2.76. The highest BCUT2D eigenvalue weighted by Gasteiger charge is 2.17. The van der Waals surface area contributed by atoms with E-state index in [2.05, 4.69) is 17.1 Å². The Morgan fingerprint density at radius 1 is 1.43 bits per heavy atom. The van der Waals surface area contributed by atoms with Crippen molar-refractivity contribution in [3.05, 3.63) is 23.2 Å². The smallest absolute Gasteiger partial charge is 0.225 e. The zero-order chi connectivity index (χ0) is 15.2. The highest BCUT2D eigenvalue weighted by molar-refractivity contribution is 6.34. The minimum atomic E-state index is -0.00174. The van der Waals surface area contributed by atoms with Gasteiger partial charge in [-0.05, 0) is 44.5 Å². The molecule has 116 valence electrons. The average Bonchev–Trinajstić information content (AvgIpc) is 2.64. The van der Waals surface area contributed by atoms with Crippen molar-refractivity contribution in [2.45, 2.75) is 45.1 Å². The molecule has 1 heterocycles. The third-order valence-corrected chi connectivity index (χ3v) is 4.40. The number of carbonyl (C=O) groups is 1. The number of rotatable bonds is 4. The fraction of sp³-hybridized carbons (Fsp3) is 0.562. The second-order valence-corrected chi connectivity index (χ2v) is 6.18. The molecule has 1 atom stereocenters. The molecule has 1 aliphatic rings. The van der Waals surface area contributed by atoms with Crippen LogP contribution in [0.1, 0.15) is 39.0 Å². The molecule has 0 radical (unpaired) electrons. The van der Waals surface area contributed by atoms with E-state index in [4.69, 9.17) is 17.3 Å². The van der Waals surface area contributed by atoms with E-state index in [9.17, 15) is 4.79 Å². The highest BCUT2D eigenvalue weighted by Crippen LogP contribution is 2.24. The topological polar surface area (TPSA) is 58.4 Å². The van der Waals surface area contributed by atoms with E-state index in [1.54, 1.807) is 18.2 Å². The summed E-state index contributed by atoms with van der Waals surface area (Å²) >= 11 is 6.06. The molecule has 1 amide bonds. The van der Waals surface area contributed by atoms with Gasteiger partial charge in [0.2, 0.25) is 5.91 Å². The van der Waals surface area contributed by atoms with Crippen molar-refractivity contribution in [1.29, 1.82) is 0 Å². The molecular weight excluding hydrogens is 286 g/mol. The summed E-state index contributed by atoms with van der Waals surface area (Å²) in [5.41, 5.74) is 6.86. The Morgan fingerprint density at radius 3 is 3.00 bits per heavy atom. The molecule has 1 unspecified atom stereocenters. The van der Waals surface area contributed by atoms with Crippen LogP contribution in [0.5, 0.6) is 0 Å². The molecule has 1 aromatic rings. The lowest BCUT2D eigenvalue weighted by molar-refractivity contribution is -0.116. The molecule has 3 N–H and O–H groups in total. The molecule has 1 aromatic carbocycles. The van der Waals surface area contributed by atoms with Gasteiger partial charge in [0.15, 0.2) is 0 Å². The molecule has 0 spiro atoms. The Balaban J connectivity index is 1.84. The van der Waals surface area contributed by atoms with Gasteiger partial charge in [-0.15, -0.1) is 0 Å². The number of benzene rings is 1. The van der Waals surface area contributed by atoms with Gasteiger partial charge in [-0.3, -0.25) is 4.79 Å². The maximum absolute atomic E-state index is 12.1. The summed E-state index contributed by atoms with van der Waals surface area (Å²) < 4.78 is 0. The first-order valence-corrected chi connectivity index (χ1v) is 8.03. The Morgan fingerprint density at radius 2 is 2.24 bits per heavy atom. The van der Waals surface area contributed by atoms with Crippen LogP contribution in [0, 0.1) is 0 Å². The standard InChI is InChI=1S/C16H24ClN3O/c1-12-5-3-2-4-9-20(12)10-8-16(21)19-15-7-6-13(18)11-14(15)17/h6-7,11-12H,2-5,8-10,18H2,1H3,(H,19,21). The van der Waals surface area contributed by atoms with Crippen molar-refractivity contribution < 1.29 is 4.79 Å². The van der Waals surface area contributed by atoms with Gasteiger partial charge in [-0.2, -0.15) is 0 Å². The average molecular weight is 310 g/mol. The maximum atomic E-state index is 12.1. The van der Waals surface area contributed by atoms with Crippen LogP contribution in [-0.4, -0.2) is 29.9 Å². The second kappa shape index (κ2) is 7.66. The number of hydrogen-bond donors (Lipinski definition) is 2. The number of likely N-dealkylation sites (tertiary alicyclic amines) is 1. The Labute approximate surface area is 131 Å². The maximum Gasteiger partial charge on any atom is 0.225 e. The van der Waals surface area contributed by atoms with Crippen molar-refractivity contribution in [2.24, 2.45) is 0 Å². The zero-order valence-electron chi connectivity index (χ0n) is 12.6. The van der Waals surface area contributed by atoms with Crippen molar-refractivity contribution in [3.8, 4) is 0 Å². The van der Waals surface area contributed by atoms with E-state index >= 15 is 0 Å². The van der Waals surface area contributed by atoms with Gasteiger partial charge in [-0.25, -0.2) is 0 Å². The summed E-state index contributed by atoms with van der Waals surface area (Å²) in [6, 6.07) is 5.69. The van der Waals surface area contributed by atoms with Crippen molar-refractivity contribution in [2.75, 3.05) is 24.1 Å². The lowest BCUT2D eigenvalue weighted by atomic mass is 10.1. The largest absolute Gasteiger partial charge is 0.399 e. The summed E-state index contributed by atoms with van der Waals surface area (Å²) in [4.78, 5) is 14.5. The van der Waals surface area contributed by atoms with Gasteiger partial charge in [-0.1, -0.05) is 24.4 Å². The number of nitrogens with two attached hydrogens (primary N) is 1. The predicted molar refractivity (Wildman–Crippen MR) is 88.6 cm³/mol. The highest BCUT2D eigenvalue weighted by atomic mass is 35.5. The normalized spacial score (nSPS) is 20.0. The van der Waals surface area contributed by atoms with E-state index in [-0.39, 0.29) is 5.91 Å². The summed E-state index contributed by atoms with van der Waals surface area (Å²) in [5, 5.41) is 3.33. The first-order chi connectivity index (χ1) is 10.1. The second-order valence-electron chi connectivity index (χ2n) is 5.77. The number of amides is 1. The third kappa shape index (κ3) is 4.90. The number of hydrogen-bond acceptors (Lipinski definition) is 3. The Kier molecular flexibility index (Phi) is 5.88. The van der Waals surface area contributed by atoms with Crippen LogP contribution in [0.3, 0.4) is 0 Å². The molecule has 0 saturated carbocycles. The molecule has 1 saturated heterocycles. The first kappa shape index (κ1) is 16.1. The summed E-state index contributed by atoms with van der Waals surface area (Å²) in [5.74, 6) is -0.00174. The quantitative estimate of drug-likeness (QED) is 0.837. The van der Waals surface area contributed by atoms with Crippen LogP contribution >= 0.6 is 11.6 Å². The lowest BCUT2D eigenvalue weighted by Crippen LogP contribution is -2.35. The van der Waals surface area contributed by atoms with Gasteiger partial charge in [0.1, 0.15) is 0 Å². The minimum absolute atomic E-state index is 0.00174. The fourth-order valence-corrected chi connectivity index (χ4v) is 2.99. The number of anilines is 2. The number of carbonyl (C=O) groups excluding carboxylic acids is 1. The van der Waals surface area contributed by atoms with Gasteiger partial charge in [0, 0.05) is 24.7 Å². The van der Waals surface area contributed by atoms with E-state index in [0.717, 1.165) is 13.1 Å². The number of nitrogen functional groups attached to an aromatic ring is 1. The van der Waals surface area contributed by atoms with Crippen LogP contribution in [0.15, 0.2) is 18.2 Å². The number of nitrogens with zero attached hydrogens (tertiary/aromatic N) is 1. The van der Waals surface area contributed by atoms with Crippen LogP contribution in [-0.2, 0) is 4.79 Å². The monoisotopic (exact) mass is 309 g/mol. The zero-order valence-corrected chi connectivity index (χ0v) is 13.3. The molecule has 0 bridgehead atoms. The summed E-state index contributed by atoms with van der Waals surface area (Å²) in [6.07, 6.45) is 5.55. The predicted octanol–water partition coefficient (Wildman–Crippen LogP) is 3.52.